The highest BCUT2D eigenvalue weighted by molar-refractivity contribution is 5.48. The SMILES string of the molecule is Cc1ccc(CNc2cnccc2C)c(C)c1. The standard InChI is InChI=1S/C15H18N2/c1-11-4-5-14(13(3)8-11)9-17-15-10-16-7-6-12(15)2/h4-8,10,17H,9H2,1-3H3. The summed E-state index contributed by atoms with van der Waals surface area (Å²) in [5.41, 5.74) is 6.30. The lowest BCUT2D eigenvalue weighted by molar-refractivity contribution is 1.10. The Kier molecular flexibility index (Phi) is 3.43. The Morgan fingerprint density at radius 3 is 2.59 bits per heavy atom. The van der Waals surface area contributed by atoms with Crippen molar-refractivity contribution in [3.05, 3.63) is 58.9 Å². The van der Waals surface area contributed by atoms with E-state index in [1.165, 1.54) is 22.3 Å². The highest BCUT2D eigenvalue weighted by atomic mass is 14.9. The van der Waals surface area contributed by atoms with Crippen molar-refractivity contribution in [2.24, 2.45) is 0 Å². The topological polar surface area (TPSA) is 24.9 Å². The molecule has 0 saturated carbocycles. The molecule has 1 N–H and O–H groups in total. The largest absolute Gasteiger partial charge is 0.379 e. The zero-order valence-corrected chi connectivity index (χ0v) is 10.6. The Morgan fingerprint density at radius 2 is 1.88 bits per heavy atom. The Balaban J connectivity index is 2.10. The van der Waals surface area contributed by atoms with Crippen molar-refractivity contribution in [2.75, 3.05) is 5.32 Å². The molecule has 2 nitrogen and oxygen atoms in total. The molecule has 0 aliphatic heterocycles. The van der Waals surface area contributed by atoms with Gasteiger partial charge in [-0.2, -0.15) is 0 Å². The molecule has 88 valence electrons. The Hall–Kier alpha value is -1.83. The molecule has 0 atom stereocenters. The lowest BCUT2D eigenvalue weighted by Gasteiger charge is -2.11. The third kappa shape index (κ3) is 2.84. The molecule has 0 amide bonds. The van der Waals surface area contributed by atoms with Crippen LogP contribution in [0.1, 0.15) is 22.3 Å². The molecule has 0 fully saturated rings. The molecular weight excluding hydrogens is 208 g/mol. The molecule has 0 saturated heterocycles. The van der Waals surface area contributed by atoms with Crippen LogP contribution in [0.5, 0.6) is 0 Å². The number of nitrogens with zero attached hydrogens (tertiary/aromatic N) is 1. The molecule has 0 radical (unpaired) electrons. The average molecular weight is 226 g/mol. The van der Waals surface area contributed by atoms with E-state index in [1.807, 2.05) is 18.5 Å². The molecule has 0 unspecified atom stereocenters. The molecule has 0 aliphatic carbocycles. The van der Waals surface area contributed by atoms with Gasteiger partial charge < -0.3 is 5.32 Å². The number of nitrogens with one attached hydrogen (secondary N) is 1. The fourth-order valence-electron chi connectivity index (χ4n) is 1.88. The summed E-state index contributed by atoms with van der Waals surface area (Å²) < 4.78 is 0. The van der Waals surface area contributed by atoms with E-state index >= 15 is 0 Å². The summed E-state index contributed by atoms with van der Waals surface area (Å²) in [5, 5.41) is 3.43. The van der Waals surface area contributed by atoms with Crippen molar-refractivity contribution in [2.45, 2.75) is 27.3 Å². The van der Waals surface area contributed by atoms with Crippen LogP contribution in [0.2, 0.25) is 0 Å². The maximum Gasteiger partial charge on any atom is 0.0559 e. The average Bonchev–Trinajstić information content (AvgIpc) is 2.30. The van der Waals surface area contributed by atoms with Gasteiger partial charge in [0, 0.05) is 12.7 Å². The van der Waals surface area contributed by atoms with Gasteiger partial charge in [-0.1, -0.05) is 23.8 Å². The zero-order chi connectivity index (χ0) is 12.3. The lowest BCUT2D eigenvalue weighted by atomic mass is 10.1. The molecule has 1 aromatic carbocycles. The number of aromatic nitrogens is 1. The predicted molar refractivity (Wildman–Crippen MR) is 72.2 cm³/mol. The summed E-state index contributed by atoms with van der Waals surface area (Å²) in [4.78, 5) is 4.13. The third-order valence-electron chi connectivity index (χ3n) is 3.01. The minimum atomic E-state index is 0.846. The molecule has 2 heteroatoms. The zero-order valence-electron chi connectivity index (χ0n) is 10.6. The number of anilines is 1. The molecule has 1 heterocycles. The van der Waals surface area contributed by atoms with Gasteiger partial charge in [0.15, 0.2) is 0 Å². The second-order valence-electron chi connectivity index (χ2n) is 4.47. The summed E-state index contributed by atoms with van der Waals surface area (Å²) in [6.45, 7) is 7.21. The van der Waals surface area contributed by atoms with Crippen LogP contribution in [0.25, 0.3) is 0 Å². The first kappa shape index (κ1) is 11.6. The van der Waals surface area contributed by atoms with Crippen molar-refractivity contribution in [1.82, 2.24) is 4.98 Å². The van der Waals surface area contributed by atoms with Crippen molar-refractivity contribution in [3.8, 4) is 0 Å². The van der Waals surface area contributed by atoms with Gasteiger partial charge in [-0.15, -0.1) is 0 Å². The highest BCUT2D eigenvalue weighted by Crippen LogP contribution is 2.15. The van der Waals surface area contributed by atoms with E-state index in [-0.39, 0.29) is 0 Å². The van der Waals surface area contributed by atoms with E-state index in [0.29, 0.717) is 0 Å². The number of hydrogen-bond acceptors (Lipinski definition) is 2. The van der Waals surface area contributed by atoms with E-state index in [4.69, 9.17) is 0 Å². The fraction of sp³-hybridized carbons (Fsp3) is 0.267. The van der Waals surface area contributed by atoms with E-state index < -0.39 is 0 Å². The maximum absolute atomic E-state index is 4.13. The van der Waals surface area contributed by atoms with Crippen LogP contribution in [-0.2, 0) is 6.54 Å². The van der Waals surface area contributed by atoms with Crippen molar-refractivity contribution < 1.29 is 0 Å². The maximum atomic E-state index is 4.13. The van der Waals surface area contributed by atoms with Crippen LogP contribution in [0.4, 0.5) is 5.69 Å². The molecule has 0 bridgehead atoms. The summed E-state index contributed by atoms with van der Waals surface area (Å²) in [5.74, 6) is 0. The van der Waals surface area contributed by atoms with Gasteiger partial charge in [0.2, 0.25) is 0 Å². The minimum absolute atomic E-state index is 0.846. The number of aryl methyl sites for hydroxylation is 3. The van der Waals surface area contributed by atoms with E-state index in [9.17, 15) is 0 Å². The predicted octanol–water partition coefficient (Wildman–Crippen LogP) is 3.62. The monoisotopic (exact) mass is 226 g/mol. The summed E-state index contributed by atoms with van der Waals surface area (Å²) in [7, 11) is 0. The molecule has 0 aliphatic rings. The molecule has 17 heavy (non-hydrogen) atoms. The second-order valence-corrected chi connectivity index (χ2v) is 4.47. The molecule has 1 aromatic heterocycles. The van der Waals surface area contributed by atoms with Crippen LogP contribution in [-0.4, -0.2) is 4.98 Å². The Labute approximate surface area is 103 Å². The Bertz CT molecular complexity index is 518. The third-order valence-corrected chi connectivity index (χ3v) is 3.01. The van der Waals surface area contributed by atoms with Gasteiger partial charge >= 0.3 is 0 Å². The van der Waals surface area contributed by atoms with Gasteiger partial charge in [-0.25, -0.2) is 0 Å². The first-order chi connectivity index (χ1) is 8.16. The number of benzene rings is 1. The first-order valence-corrected chi connectivity index (χ1v) is 5.87. The van der Waals surface area contributed by atoms with Gasteiger partial charge in [-0.05, 0) is 43.5 Å². The lowest BCUT2D eigenvalue weighted by Crippen LogP contribution is -2.03. The van der Waals surface area contributed by atoms with Crippen LogP contribution in [0.15, 0.2) is 36.7 Å². The van der Waals surface area contributed by atoms with E-state index in [2.05, 4.69) is 49.3 Å². The molecular formula is C15H18N2. The molecule has 2 aromatic rings. The van der Waals surface area contributed by atoms with Crippen LogP contribution >= 0.6 is 0 Å². The van der Waals surface area contributed by atoms with E-state index in [0.717, 1.165) is 12.2 Å². The number of pyridine rings is 1. The molecule has 2 rings (SSSR count). The van der Waals surface area contributed by atoms with Gasteiger partial charge in [0.25, 0.3) is 0 Å². The van der Waals surface area contributed by atoms with Gasteiger partial charge in [-0.3, -0.25) is 4.98 Å². The minimum Gasteiger partial charge on any atom is -0.379 e. The van der Waals surface area contributed by atoms with E-state index in [1.54, 1.807) is 0 Å². The first-order valence-electron chi connectivity index (χ1n) is 5.87. The van der Waals surface area contributed by atoms with Gasteiger partial charge in [0.1, 0.15) is 0 Å². The van der Waals surface area contributed by atoms with Crippen molar-refractivity contribution in [3.63, 3.8) is 0 Å². The highest BCUT2D eigenvalue weighted by Gasteiger charge is 2.00. The normalized spacial score (nSPS) is 10.3. The van der Waals surface area contributed by atoms with Gasteiger partial charge in [0.05, 0.1) is 11.9 Å². The number of hydrogen-bond donors (Lipinski definition) is 1. The fourth-order valence-corrected chi connectivity index (χ4v) is 1.88. The smallest absolute Gasteiger partial charge is 0.0559 e. The van der Waals surface area contributed by atoms with Crippen LogP contribution < -0.4 is 5.32 Å². The Morgan fingerprint density at radius 1 is 1.06 bits per heavy atom. The quantitative estimate of drug-likeness (QED) is 0.864. The summed E-state index contributed by atoms with van der Waals surface area (Å²) >= 11 is 0. The van der Waals surface area contributed by atoms with Crippen molar-refractivity contribution in [1.29, 1.82) is 0 Å². The molecule has 0 spiro atoms. The summed E-state index contributed by atoms with van der Waals surface area (Å²) in [6, 6.07) is 8.57. The second kappa shape index (κ2) is 5.00. The van der Waals surface area contributed by atoms with Crippen LogP contribution in [0, 0.1) is 20.8 Å². The van der Waals surface area contributed by atoms with Crippen LogP contribution in [0.3, 0.4) is 0 Å². The van der Waals surface area contributed by atoms with Crippen molar-refractivity contribution >= 4 is 5.69 Å². The number of rotatable bonds is 3. The summed E-state index contributed by atoms with van der Waals surface area (Å²) in [6.07, 6.45) is 3.69.